The summed E-state index contributed by atoms with van der Waals surface area (Å²) < 4.78 is 5.91. The number of aliphatic hydroxyl groups excluding tert-OH is 1. The van der Waals surface area contributed by atoms with Crippen molar-refractivity contribution in [3.63, 3.8) is 0 Å². The first-order chi connectivity index (χ1) is 14.1. The summed E-state index contributed by atoms with van der Waals surface area (Å²) in [6.45, 7) is 0.303. The molecular weight excluding hydrogens is 370 g/mol. The maximum Gasteiger partial charge on any atom is 0.315 e. The van der Waals surface area contributed by atoms with Gasteiger partial charge in [-0.25, -0.2) is 4.79 Å². The Hall–Kier alpha value is -2.12. The van der Waals surface area contributed by atoms with Gasteiger partial charge < -0.3 is 25.8 Å². The predicted molar refractivity (Wildman–Crippen MR) is 110 cm³/mol. The molecule has 1 aromatic carbocycles. The number of hydrogen-bond acceptors (Lipinski definition) is 4. The number of nitrogens with one attached hydrogen (secondary N) is 3. The zero-order valence-corrected chi connectivity index (χ0v) is 16.9. The van der Waals surface area contributed by atoms with E-state index in [0.717, 1.165) is 31.2 Å². The fourth-order valence-corrected chi connectivity index (χ4v) is 4.16. The molecule has 0 radical (unpaired) electrons. The predicted octanol–water partition coefficient (Wildman–Crippen LogP) is 2.23. The van der Waals surface area contributed by atoms with E-state index in [9.17, 15) is 14.7 Å². The molecular formula is C22H33N3O4. The molecule has 3 amide bonds. The van der Waals surface area contributed by atoms with Crippen LogP contribution in [-0.4, -0.2) is 47.9 Å². The lowest BCUT2D eigenvalue weighted by Gasteiger charge is -2.36. The van der Waals surface area contributed by atoms with Crippen molar-refractivity contribution < 1.29 is 19.4 Å². The van der Waals surface area contributed by atoms with E-state index in [0.29, 0.717) is 19.4 Å². The van der Waals surface area contributed by atoms with Crippen LogP contribution in [0, 0.1) is 0 Å². The highest BCUT2D eigenvalue weighted by Crippen LogP contribution is 2.22. The average molecular weight is 404 g/mol. The van der Waals surface area contributed by atoms with Crippen LogP contribution in [0.4, 0.5) is 4.79 Å². The Bertz CT molecular complexity index is 649. The van der Waals surface area contributed by atoms with Gasteiger partial charge >= 0.3 is 6.03 Å². The second-order valence-electron chi connectivity index (χ2n) is 8.08. The second kappa shape index (κ2) is 11.2. The third-order valence-corrected chi connectivity index (χ3v) is 5.80. The molecule has 1 aromatic rings. The first kappa shape index (κ1) is 21.6. The highest BCUT2D eigenvalue weighted by molar-refractivity contribution is 5.76. The van der Waals surface area contributed by atoms with Crippen LogP contribution in [0.25, 0.3) is 0 Å². The van der Waals surface area contributed by atoms with Crippen LogP contribution in [-0.2, 0) is 16.1 Å². The van der Waals surface area contributed by atoms with Crippen LogP contribution in [0.15, 0.2) is 30.3 Å². The molecule has 1 heterocycles. The fourth-order valence-electron chi connectivity index (χ4n) is 4.16. The molecule has 0 aromatic heterocycles. The Labute approximate surface area is 172 Å². The summed E-state index contributed by atoms with van der Waals surface area (Å²) in [5, 5.41) is 18.6. The van der Waals surface area contributed by atoms with Crippen molar-refractivity contribution in [1.29, 1.82) is 0 Å². The number of aliphatic hydroxyl groups is 1. The smallest absolute Gasteiger partial charge is 0.315 e. The average Bonchev–Trinajstić information content (AvgIpc) is 2.74. The van der Waals surface area contributed by atoms with E-state index < -0.39 is 6.10 Å². The number of rotatable bonds is 7. The Morgan fingerprint density at radius 2 is 1.76 bits per heavy atom. The molecule has 160 valence electrons. The third kappa shape index (κ3) is 7.01. The van der Waals surface area contributed by atoms with Crippen molar-refractivity contribution in [1.82, 2.24) is 16.0 Å². The minimum Gasteiger partial charge on any atom is -0.394 e. The zero-order chi connectivity index (χ0) is 20.5. The minimum absolute atomic E-state index is 0.0722. The zero-order valence-electron chi connectivity index (χ0n) is 16.9. The molecule has 0 bridgehead atoms. The summed E-state index contributed by atoms with van der Waals surface area (Å²) in [7, 11) is 0. The van der Waals surface area contributed by atoms with Crippen LogP contribution >= 0.6 is 0 Å². The number of urea groups is 1. The van der Waals surface area contributed by atoms with Gasteiger partial charge in [-0.3, -0.25) is 4.79 Å². The molecule has 0 spiro atoms. The minimum atomic E-state index is -0.493. The van der Waals surface area contributed by atoms with E-state index in [1.54, 1.807) is 0 Å². The van der Waals surface area contributed by atoms with Gasteiger partial charge in [-0.2, -0.15) is 0 Å². The van der Waals surface area contributed by atoms with Gasteiger partial charge in [-0.05, 0) is 31.2 Å². The van der Waals surface area contributed by atoms with Crippen molar-refractivity contribution in [2.24, 2.45) is 0 Å². The van der Waals surface area contributed by atoms with Gasteiger partial charge in [0.2, 0.25) is 5.91 Å². The highest BCUT2D eigenvalue weighted by Gasteiger charge is 2.33. The molecule has 1 aliphatic heterocycles. The van der Waals surface area contributed by atoms with E-state index in [1.165, 1.54) is 6.42 Å². The number of hydrogen-bond donors (Lipinski definition) is 4. The van der Waals surface area contributed by atoms with Gasteiger partial charge in [0.1, 0.15) is 6.10 Å². The molecule has 2 fully saturated rings. The van der Waals surface area contributed by atoms with Crippen molar-refractivity contribution in [2.45, 2.75) is 82.2 Å². The second-order valence-corrected chi connectivity index (χ2v) is 8.08. The molecule has 2 aliphatic rings. The number of ether oxygens (including phenoxy) is 1. The molecule has 4 N–H and O–H groups in total. The molecule has 0 unspecified atom stereocenters. The van der Waals surface area contributed by atoms with E-state index in [1.807, 2.05) is 30.3 Å². The number of benzene rings is 1. The first-order valence-corrected chi connectivity index (χ1v) is 10.8. The monoisotopic (exact) mass is 403 g/mol. The van der Waals surface area contributed by atoms with E-state index in [-0.39, 0.29) is 43.2 Å². The summed E-state index contributed by atoms with van der Waals surface area (Å²) in [6.07, 6.45) is 6.47. The van der Waals surface area contributed by atoms with Gasteiger partial charge in [0.15, 0.2) is 0 Å². The fraction of sp³-hybridized carbons (Fsp3) is 0.636. The van der Waals surface area contributed by atoms with Gasteiger partial charge in [0.25, 0.3) is 0 Å². The molecule has 1 saturated heterocycles. The molecule has 1 aliphatic carbocycles. The normalized spacial score (nSPS) is 25.2. The molecule has 7 heteroatoms. The van der Waals surface area contributed by atoms with Crippen LogP contribution < -0.4 is 16.0 Å². The topological polar surface area (TPSA) is 99.7 Å². The van der Waals surface area contributed by atoms with Crippen LogP contribution in [0.2, 0.25) is 0 Å². The Morgan fingerprint density at radius 3 is 2.48 bits per heavy atom. The number of amides is 3. The molecule has 1 saturated carbocycles. The van der Waals surface area contributed by atoms with E-state index in [4.69, 9.17) is 4.74 Å². The lowest BCUT2D eigenvalue weighted by atomic mass is 9.95. The lowest BCUT2D eigenvalue weighted by Crippen LogP contribution is -2.55. The molecule has 29 heavy (non-hydrogen) atoms. The summed E-state index contributed by atoms with van der Waals surface area (Å²) in [5.74, 6) is -0.0722. The maximum atomic E-state index is 12.3. The quantitative estimate of drug-likeness (QED) is 0.561. The SMILES string of the molecule is O=C(C[C@H]1CC[C@H](NC(=O)NC2CCCCC2)[C@H](CO)O1)NCc1ccccc1. The highest BCUT2D eigenvalue weighted by atomic mass is 16.5. The maximum absolute atomic E-state index is 12.3. The van der Waals surface area contributed by atoms with Crippen LogP contribution in [0.5, 0.6) is 0 Å². The lowest BCUT2D eigenvalue weighted by molar-refractivity contribution is -0.130. The van der Waals surface area contributed by atoms with Gasteiger partial charge in [0.05, 0.1) is 25.2 Å². The summed E-state index contributed by atoms with van der Waals surface area (Å²) in [6, 6.07) is 9.55. The number of carbonyl (C=O) groups is 2. The molecule has 3 atom stereocenters. The third-order valence-electron chi connectivity index (χ3n) is 5.80. The van der Waals surface area contributed by atoms with Crippen LogP contribution in [0.1, 0.15) is 56.9 Å². The van der Waals surface area contributed by atoms with Crippen molar-refractivity contribution in [3.8, 4) is 0 Å². The van der Waals surface area contributed by atoms with Crippen molar-refractivity contribution in [2.75, 3.05) is 6.61 Å². The number of carbonyl (C=O) groups excluding carboxylic acids is 2. The van der Waals surface area contributed by atoms with Crippen molar-refractivity contribution in [3.05, 3.63) is 35.9 Å². The van der Waals surface area contributed by atoms with Crippen molar-refractivity contribution >= 4 is 11.9 Å². The van der Waals surface area contributed by atoms with E-state index >= 15 is 0 Å². The summed E-state index contributed by atoms with van der Waals surface area (Å²) in [5.41, 5.74) is 1.05. The molecule has 3 rings (SSSR count). The van der Waals surface area contributed by atoms with Gasteiger partial charge in [-0.1, -0.05) is 49.6 Å². The first-order valence-electron chi connectivity index (χ1n) is 10.8. The Balaban J connectivity index is 1.40. The Morgan fingerprint density at radius 1 is 1.00 bits per heavy atom. The van der Waals surface area contributed by atoms with Gasteiger partial charge in [0, 0.05) is 12.6 Å². The van der Waals surface area contributed by atoms with E-state index in [2.05, 4.69) is 16.0 Å². The standard InChI is InChI=1S/C22H33N3O4/c26-15-20-19(25-22(28)24-17-9-5-2-6-10-17)12-11-18(29-20)13-21(27)23-14-16-7-3-1-4-8-16/h1,3-4,7-8,17-20,26H,2,5-6,9-15H2,(H,23,27)(H2,24,25,28)/t18-,19+,20+/m1/s1. The summed E-state index contributed by atoms with van der Waals surface area (Å²) >= 11 is 0. The largest absolute Gasteiger partial charge is 0.394 e. The molecule has 7 nitrogen and oxygen atoms in total. The Kier molecular flexibility index (Phi) is 8.31. The summed E-state index contributed by atoms with van der Waals surface area (Å²) in [4.78, 5) is 24.5. The van der Waals surface area contributed by atoms with Gasteiger partial charge in [-0.15, -0.1) is 0 Å². The van der Waals surface area contributed by atoms with Crippen LogP contribution in [0.3, 0.4) is 0 Å².